The zero-order chi connectivity index (χ0) is 24.0. The number of nitrogens with zero attached hydrogens (tertiary/aromatic N) is 3. The molecule has 1 spiro atoms. The summed E-state index contributed by atoms with van der Waals surface area (Å²) < 4.78 is 13.6. The Morgan fingerprint density at radius 2 is 1.57 bits per heavy atom. The first kappa shape index (κ1) is 22.1. The van der Waals surface area contributed by atoms with E-state index in [9.17, 15) is 9.59 Å². The lowest BCUT2D eigenvalue weighted by Gasteiger charge is -2.38. The number of H-pyrrole nitrogens is 1. The number of hydrogen-bond acceptors (Lipinski definition) is 5. The van der Waals surface area contributed by atoms with E-state index < -0.39 is 0 Å². The second-order valence-electron chi connectivity index (χ2n) is 9.55. The number of ether oxygens (including phenoxy) is 2. The van der Waals surface area contributed by atoms with Gasteiger partial charge in [0.15, 0.2) is 5.79 Å². The van der Waals surface area contributed by atoms with Gasteiger partial charge in [0.05, 0.1) is 13.2 Å². The average Bonchev–Trinajstić information content (AvgIpc) is 3.48. The van der Waals surface area contributed by atoms with E-state index in [0.717, 1.165) is 38.8 Å². The van der Waals surface area contributed by atoms with Crippen molar-refractivity contribution in [2.24, 2.45) is 7.05 Å². The molecule has 8 nitrogen and oxygen atoms in total. The Labute approximate surface area is 202 Å². The number of hydrogen-bond donors (Lipinski definition) is 1. The first-order chi connectivity index (χ1) is 17.0. The predicted octanol–water partition coefficient (Wildman–Crippen LogP) is 2.73. The summed E-state index contributed by atoms with van der Waals surface area (Å²) in [5, 5.41) is 4.84. The fourth-order valence-corrected chi connectivity index (χ4v) is 5.54. The average molecular weight is 475 g/mol. The molecule has 0 amide bonds. The lowest BCUT2D eigenvalue weighted by molar-refractivity contribution is -0.169. The summed E-state index contributed by atoms with van der Waals surface area (Å²) in [6, 6.07) is 15.8. The molecular formula is C27H30N4O4. The third kappa shape index (κ3) is 3.86. The van der Waals surface area contributed by atoms with Crippen LogP contribution < -0.4 is 15.8 Å². The molecule has 3 heterocycles. The lowest BCUT2D eigenvalue weighted by Crippen LogP contribution is -2.45. The predicted molar refractivity (Wildman–Crippen MR) is 134 cm³/mol. The molecular weight excluding hydrogens is 444 g/mol. The second-order valence-corrected chi connectivity index (χ2v) is 9.55. The lowest BCUT2D eigenvalue weighted by atomic mass is 10.0. The Morgan fingerprint density at radius 1 is 0.914 bits per heavy atom. The van der Waals surface area contributed by atoms with Crippen LogP contribution in [0.1, 0.15) is 24.8 Å². The molecule has 2 fully saturated rings. The highest BCUT2D eigenvalue weighted by atomic mass is 16.7. The SMILES string of the molecule is Cn1[nH]c2c(=O)c3ccccc3c(=O)c=2n1CCCc1ccc(N2CCC3(CC2)OCCO3)cc1. The third-order valence-corrected chi connectivity index (χ3v) is 7.46. The van der Waals surface area contributed by atoms with Crippen LogP contribution in [0.3, 0.4) is 0 Å². The summed E-state index contributed by atoms with van der Waals surface area (Å²) in [7, 11) is 1.84. The van der Waals surface area contributed by atoms with Gasteiger partial charge in [-0.15, -0.1) is 0 Å². The van der Waals surface area contributed by atoms with Crippen LogP contribution >= 0.6 is 0 Å². The number of benzene rings is 2. The van der Waals surface area contributed by atoms with Crippen LogP contribution in [-0.4, -0.2) is 46.7 Å². The van der Waals surface area contributed by atoms with Crippen LogP contribution in [0.4, 0.5) is 5.69 Å². The number of fused-ring (bicyclic) bond motifs is 1. The van der Waals surface area contributed by atoms with Gasteiger partial charge in [-0.3, -0.25) is 19.4 Å². The number of aryl methyl sites for hydroxylation is 2. The molecule has 2 saturated heterocycles. The zero-order valence-corrected chi connectivity index (χ0v) is 20.0. The minimum atomic E-state index is -0.351. The smallest absolute Gasteiger partial charge is 0.214 e. The van der Waals surface area contributed by atoms with E-state index in [2.05, 4.69) is 34.3 Å². The Hall–Kier alpha value is -3.36. The quantitative estimate of drug-likeness (QED) is 0.481. The topological polar surface area (TPSA) is 81.5 Å². The summed E-state index contributed by atoms with van der Waals surface area (Å²) >= 11 is 0. The molecule has 1 N–H and O–H groups in total. The van der Waals surface area contributed by atoms with Crippen molar-refractivity contribution in [1.29, 1.82) is 0 Å². The molecule has 6 rings (SSSR count). The summed E-state index contributed by atoms with van der Waals surface area (Å²) in [4.78, 5) is 30.2. The van der Waals surface area contributed by atoms with E-state index in [1.54, 1.807) is 29.1 Å². The van der Waals surface area contributed by atoms with Crippen LogP contribution in [0.5, 0.6) is 0 Å². The molecule has 0 bridgehead atoms. The van der Waals surface area contributed by atoms with Gasteiger partial charge in [-0.05, 0) is 30.5 Å². The Kier molecular flexibility index (Phi) is 5.50. The van der Waals surface area contributed by atoms with Crippen molar-refractivity contribution < 1.29 is 9.47 Å². The maximum absolute atomic E-state index is 13.2. The molecule has 1 aliphatic carbocycles. The molecule has 4 aliphatic rings. The Balaban J connectivity index is 1.15. The molecule has 0 saturated carbocycles. The van der Waals surface area contributed by atoms with Crippen LogP contribution in [0, 0.1) is 10.7 Å². The third-order valence-electron chi connectivity index (χ3n) is 7.46. The van der Waals surface area contributed by atoms with Crippen LogP contribution in [0.15, 0.2) is 58.1 Å². The van der Waals surface area contributed by atoms with Crippen molar-refractivity contribution in [3.05, 3.63) is 85.2 Å². The van der Waals surface area contributed by atoms with Crippen LogP contribution in [0.25, 0.3) is 10.8 Å². The van der Waals surface area contributed by atoms with Gasteiger partial charge in [0, 0.05) is 56.0 Å². The number of anilines is 1. The number of rotatable bonds is 5. The van der Waals surface area contributed by atoms with Gasteiger partial charge in [-0.2, -0.15) is 0 Å². The molecule has 0 aromatic heterocycles. The molecule has 0 radical (unpaired) electrons. The molecule has 8 heteroatoms. The summed E-state index contributed by atoms with van der Waals surface area (Å²) in [6.07, 6.45) is 3.54. The minimum absolute atomic E-state index is 0.104. The van der Waals surface area contributed by atoms with Crippen molar-refractivity contribution in [3.8, 4) is 0 Å². The van der Waals surface area contributed by atoms with Crippen molar-refractivity contribution in [3.63, 3.8) is 0 Å². The molecule has 35 heavy (non-hydrogen) atoms. The summed E-state index contributed by atoms with van der Waals surface area (Å²) in [5.41, 5.74) is 2.25. The van der Waals surface area contributed by atoms with E-state index in [1.807, 2.05) is 11.7 Å². The molecule has 0 unspecified atom stereocenters. The standard InChI is InChI=1S/C27H30N4O4/c1-29-28-23-24(26(33)22-7-3-2-6-21(22)25(23)32)31(29)14-4-5-19-8-10-20(11-9-19)30-15-12-27(13-16-30)34-17-18-35-27/h2-3,6-11,28H,4-5,12-18H2,1H3. The molecule has 182 valence electrons. The highest BCUT2D eigenvalue weighted by molar-refractivity contribution is 5.81. The van der Waals surface area contributed by atoms with E-state index in [0.29, 0.717) is 41.2 Å². The largest absolute Gasteiger partial charge is 0.371 e. The highest BCUT2D eigenvalue weighted by Crippen LogP contribution is 2.33. The van der Waals surface area contributed by atoms with Crippen molar-refractivity contribution in [1.82, 2.24) is 14.6 Å². The number of nitrogens with one attached hydrogen (secondary N) is 1. The normalized spacial score (nSPS) is 17.7. The van der Waals surface area contributed by atoms with Gasteiger partial charge in [0.25, 0.3) is 0 Å². The minimum Gasteiger partial charge on any atom is -0.371 e. The van der Waals surface area contributed by atoms with Gasteiger partial charge in [-0.25, -0.2) is 4.80 Å². The van der Waals surface area contributed by atoms with Gasteiger partial charge >= 0.3 is 0 Å². The summed E-state index contributed by atoms with van der Waals surface area (Å²) in [5.74, 6) is -0.351. The molecule has 3 aliphatic heterocycles. The van der Waals surface area contributed by atoms with Crippen LogP contribution in [0.2, 0.25) is 0 Å². The van der Waals surface area contributed by atoms with E-state index in [-0.39, 0.29) is 16.6 Å². The molecule has 2 aromatic rings. The molecule has 2 aromatic carbocycles. The summed E-state index contributed by atoms with van der Waals surface area (Å²) in [6.45, 7) is 3.91. The number of piperidine rings is 1. The maximum atomic E-state index is 13.2. The van der Waals surface area contributed by atoms with Crippen molar-refractivity contribution in [2.75, 3.05) is 31.2 Å². The van der Waals surface area contributed by atoms with Gasteiger partial charge in [0.2, 0.25) is 10.9 Å². The number of aromatic amines is 1. The first-order valence-electron chi connectivity index (χ1n) is 12.4. The van der Waals surface area contributed by atoms with Crippen LogP contribution in [-0.2, 0) is 29.5 Å². The van der Waals surface area contributed by atoms with Gasteiger partial charge in [0.1, 0.15) is 10.7 Å². The zero-order valence-electron chi connectivity index (χ0n) is 20.0. The van der Waals surface area contributed by atoms with E-state index in [4.69, 9.17) is 9.47 Å². The van der Waals surface area contributed by atoms with E-state index >= 15 is 0 Å². The fraction of sp³-hybridized carbons (Fsp3) is 0.407. The second kappa shape index (κ2) is 8.70. The Bertz CT molecular complexity index is 1530. The maximum Gasteiger partial charge on any atom is 0.214 e. The fourth-order valence-electron chi connectivity index (χ4n) is 5.54. The molecule has 0 atom stereocenters. The Morgan fingerprint density at radius 3 is 2.26 bits per heavy atom. The van der Waals surface area contributed by atoms with Gasteiger partial charge in [-0.1, -0.05) is 36.4 Å². The van der Waals surface area contributed by atoms with Gasteiger partial charge < -0.3 is 14.4 Å². The van der Waals surface area contributed by atoms with Crippen molar-refractivity contribution in [2.45, 2.75) is 38.0 Å². The van der Waals surface area contributed by atoms with E-state index in [1.165, 1.54) is 11.3 Å². The highest BCUT2D eigenvalue weighted by Gasteiger charge is 2.39. The monoisotopic (exact) mass is 474 g/mol. The first-order valence-corrected chi connectivity index (χ1v) is 12.4. The van der Waals surface area contributed by atoms with Crippen molar-refractivity contribution >= 4 is 16.5 Å². The number of aromatic nitrogens is 3.